The van der Waals surface area contributed by atoms with Crippen molar-refractivity contribution < 1.29 is 37.8 Å². The molecule has 8 aliphatic rings. The monoisotopic (exact) mass is 726 g/mol. The summed E-state index contributed by atoms with van der Waals surface area (Å²) in [6.45, 7) is 0. The van der Waals surface area contributed by atoms with E-state index in [0.29, 0.717) is 58.8 Å². The minimum absolute atomic E-state index is 0.187. The van der Waals surface area contributed by atoms with Crippen LogP contribution < -0.4 is 9.05 Å². The fourth-order valence-electron chi connectivity index (χ4n) is 12.9. The Morgan fingerprint density at radius 2 is 0.615 bits per heavy atom. The predicted molar refractivity (Wildman–Crippen MR) is 191 cm³/mol. The first-order valence-corrected chi connectivity index (χ1v) is 21.3. The average molecular weight is 727 g/mol. The molecule has 0 aromatic heterocycles. The number of hydrogen-bond donors (Lipinski definition) is 4. The Balaban J connectivity index is 1.03. The van der Waals surface area contributed by atoms with E-state index >= 15 is 0 Å². The Morgan fingerprint density at radius 1 is 0.385 bits per heavy atom. The SMILES string of the molecule is O=P(O)(O)Oc1c2c(c(OP(=O)(O)O)c3c1C1C[C@H]3c3cc4c(cc31)C1C[C@H]4c3ccccc31)C1CC2c2cc3c(cc21)[C@@H]1CC3c2ccccc21. The molecule has 0 radical (unpaired) electrons. The van der Waals surface area contributed by atoms with Gasteiger partial charge in [-0.3, -0.25) is 19.6 Å². The summed E-state index contributed by atoms with van der Waals surface area (Å²) >= 11 is 0. The summed E-state index contributed by atoms with van der Waals surface area (Å²) < 4.78 is 37.3. The first kappa shape index (κ1) is 29.5. The van der Waals surface area contributed by atoms with Crippen LogP contribution in [0.3, 0.4) is 0 Å². The fourth-order valence-corrected chi connectivity index (χ4v) is 13.7. The highest BCUT2D eigenvalue weighted by atomic mass is 31.2. The summed E-state index contributed by atoms with van der Waals surface area (Å²) in [4.78, 5) is 41.7. The Kier molecular flexibility index (Phi) is 5.21. The van der Waals surface area contributed by atoms with Gasteiger partial charge in [-0.05, 0) is 92.4 Å². The lowest BCUT2D eigenvalue weighted by atomic mass is 9.74. The van der Waals surface area contributed by atoms with Gasteiger partial charge >= 0.3 is 15.6 Å². The zero-order valence-corrected chi connectivity index (χ0v) is 29.5. The smallest absolute Gasteiger partial charge is 0.404 e. The molecular formula is C42H32O8P2. The second-order valence-corrected chi connectivity index (χ2v) is 18.6. The largest absolute Gasteiger partial charge is 0.524 e. The molecule has 4 N–H and O–H groups in total. The Labute approximate surface area is 298 Å². The molecule has 258 valence electrons. The number of fused-ring (bicyclic) bond motifs is 32. The van der Waals surface area contributed by atoms with E-state index in [-0.39, 0.29) is 35.2 Å². The molecule has 0 fully saturated rings. The molecule has 5 aromatic carbocycles. The van der Waals surface area contributed by atoms with Gasteiger partial charge in [0.25, 0.3) is 0 Å². The van der Waals surface area contributed by atoms with Crippen molar-refractivity contribution in [2.75, 3.05) is 0 Å². The van der Waals surface area contributed by atoms with Crippen molar-refractivity contribution >= 4 is 15.6 Å². The summed E-state index contributed by atoms with van der Waals surface area (Å²) in [5.74, 6) is 0.661. The molecule has 0 aliphatic heterocycles. The van der Waals surface area contributed by atoms with Crippen LogP contribution in [0, 0.1) is 0 Å². The predicted octanol–water partition coefficient (Wildman–Crippen LogP) is 8.55. The number of hydrogen-bond acceptors (Lipinski definition) is 4. The lowest BCUT2D eigenvalue weighted by Gasteiger charge is -2.33. The van der Waals surface area contributed by atoms with Crippen molar-refractivity contribution in [2.24, 2.45) is 0 Å². The van der Waals surface area contributed by atoms with Crippen LogP contribution in [0.5, 0.6) is 11.5 Å². The number of phosphoric acid groups is 2. The second-order valence-electron chi connectivity index (χ2n) is 16.3. The van der Waals surface area contributed by atoms with Gasteiger partial charge in [0.2, 0.25) is 0 Å². The van der Waals surface area contributed by atoms with Crippen LogP contribution in [0.15, 0.2) is 72.8 Å². The first-order chi connectivity index (χ1) is 25.0. The maximum atomic E-state index is 12.8. The fraction of sp³-hybridized carbons (Fsp3) is 0.286. The second kappa shape index (κ2) is 9.19. The molecule has 8 atom stereocenters. The van der Waals surface area contributed by atoms with Crippen LogP contribution in [-0.2, 0) is 9.13 Å². The number of phosphoric ester groups is 2. The maximum Gasteiger partial charge on any atom is 0.524 e. The van der Waals surface area contributed by atoms with Crippen LogP contribution in [0.25, 0.3) is 0 Å². The van der Waals surface area contributed by atoms with E-state index < -0.39 is 15.6 Å². The van der Waals surface area contributed by atoms with E-state index in [1.54, 1.807) is 0 Å². The number of benzene rings is 5. The molecule has 0 saturated carbocycles. The standard InChI is InChI=1S/C42H32O8P2/c43-51(44,45)49-41-37-33-15-34(30-12-26-22-9-21(25(26)11-29(30)33)17-5-1-2-6-18(17)22)38(37)42(50-52(46,47)48)40-36-16-35(39(40)41)31-13-27-23-10-24(28(27)14-32(31)36)20-8-4-3-7-19(20)23/h1-8,11-14,21-24,33-36H,9-10,15-16H2,(H2,43,44,45)(H2,46,47,48)/t21-,22?,23+,24?,33-,34?,35?,36?/m0/s1. The van der Waals surface area contributed by atoms with Gasteiger partial charge < -0.3 is 9.05 Å². The van der Waals surface area contributed by atoms with E-state index in [4.69, 9.17) is 9.05 Å². The van der Waals surface area contributed by atoms with Crippen molar-refractivity contribution in [3.63, 3.8) is 0 Å². The molecule has 8 bridgehead atoms. The van der Waals surface area contributed by atoms with Gasteiger partial charge in [0.15, 0.2) is 0 Å². The van der Waals surface area contributed by atoms with E-state index in [2.05, 4.69) is 72.8 Å². The normalized spacial score (nSPS) is 29.0. The molecule has 8 nitrogen and oxygen atoms in total. The third-order valence-corrected chi connectivity index (χ3v) is 15.2. The topological polar surface area (TPSA) is 134 Å². The van der Waals surface area contributed by atoms with Crippen LogP contribution >= 0.6 is 15.6 Å². The molecule has 0 amide bonds. The highest BCUT2D eigenvalue weighted by Crippen LogP contribution is 2.73. The maximum absolute atomic E-state index is 12.8. The average Bonchev–Trinajstić information content (AvgIpc) is 3.98. The lowest BCUT2D eigenvalue weighted by Crippen LogP contribution is -2.16. The van der Waals surface area contributed by atoms with Crippen LogP contribution in [0.1, 0.15) is 162 Å². The molecule has 0 saturated heterocycles. The molecule has 8 aliphatic carbocycles. The van der Waals surface area contributed by atoms with Gasteiger partial charge in [0, 0.05) is 69.6 Å². The summed E-state index contributed by atoms with van der Waals surface area (Å²) in [7, 11) is -10.1. The van der Waals surface area contributed by atoms with Crippen LogP contribution in [0.4, 0.5) is 0 Å². The molecule has 0 heterocycles. The molecule has 10 heteroatoms. The minimum Gasteiger partial charge on any atom is -0.404 e. The quantitative estimate of drug-likeness (QED) is 0.136. The van der Waals surface area contributed by atoms with Crippen molar-refractivity contribution in [3.8, 4) is 11.5 Å². The summed E-state index contributed by atoms with van der Waals surface area (Å²) in [5, 5.41) is 0. The van der Waals surface area contributed by atoms with Gasteiger partial charge in [-0.1, -0.05) is 72.8 Å². The van der Waals surface area contributed by atoms with Crippen LogP contribution in [-0.4, -0.2) is 19.6 Å². The van der Waals surface area contributed by atoms with Gasteiger partial charge in [-0.15, -0.1) is 0 Å². The van der Waals surface area contributed by atoms with Crippen molar-refractivity contribution in [1.29, 1.82) is 0 Å². The van der Waals surface area contributed by atoms with Crippen molar-refractivity contribution in [1.82, 2.24) is 0 Å². The van der Waals surface area contributed by atoms with Gasteiger partial charge in [0.05, 0.1) is 0 Å². The van der Waals surface area contributed by atoms with Crippen molar-refractivity contribution in [2.45, 2.75) is 73.0 Å². The van der Waals surface area contributed by atoms with E-state index in [9.17, 15) is 28.7 Å². The molecule has 52 heavy (non-hydrogen) atoms. The van der Waals surface area contributed by atoms with E-state index in [1.165, 1.54) is 44.5 Å². The molecular weight excluding hydrogens is 694 g/mol. The Hall–Kier alpha value is -4.00. The minimum atomic E-state index is -5.03. The summed E-state index contributed by atoms with van der Waals surface area (Å²) in [6, 6.07) is 26.6. The number of rotatable bonds is 4. The molecule has 5 unspecified atom stereocenters. The Bertz CT molecular complexity index is 2340. The highest BCUT2D eigenvalue weighted by Gasteiger charge is 2.56. The summed E-state index contributed by atoms with van der Waals surface area (Å²) in [5.41, 5.74) is 17.7. The van der Waals surface area contributed by atoms with Gasteiger partial charge in [-0.2, -0.15) is 0 Å². The zero-order chi connectivity index (χ0) is 34.7. The van der Waals surface area contributed by atoms with E-state index in [1.807, 2.05) is 0 Å². The third kappa shape index (κ3) is 3.46. The van der Waals surface area contributed by atoms with Gasteiger partial charge in [0.1, 0.15) is 11.5 Å². The molecule has 13 rings (SSSR count). The van der Waals surface area contributed by atoms with Gasteiger partial charge in [-0.25, -0.2) is 9.13 Å². The Morgan fingerprint density at radius 3 is 0.865 bits per heavy atom. The molecule has 0 spiro atoms. The summed E-state index contributed by atoms with van der Waals surface area (Å²) in [6.07, 6.45) is 3.33. The molecule has 5 aromatic rings. The van der Waals surface area contributed by atoms with E-state index in [0.717, 1.165) is 35.1 Å². The third-order valence-electron chi connectivity index (χ3n) is 14.3. The lowest BCUT2D eigenvalue weighted by molar-refractivity contribution is 0.275. The highest BCUT2D eigenvalue weighted by molar-refractivity contribution is 7.47. The first-order valence-electron chi connectivity index (χ1n) is 18.3. The van der Waals surface area contributed by atoms with Crippen molar-refractivity contribution in [3.05, 3.63) is 162 Å². The van der Waals surface area contributed by atoms with Crippen LogP contribution in [0.2, 0.25) is 0 Å². The zero-order valence-electron chi connectivity index (χ0n) is 27.7.